The van der Waals surface area contributed by atoms with Gasteiger partial charge in [0, 0.05) is 0 Å². The lowest BCUT2D eigenvalue weighted by Gasteiger charge is -2.28. The highest BCUT2D eigenvalue weighted by Crippen LogP contribution is 2.33. The predicted octanol–water partition coefficient (Wildman–Crippen LogP) is 4.16. The van der Waals surface area contributed by atoms with E-state index in [-0.39, 0.29) is 6.04 Å². The van der Waals surface area contributed by atoms with Gasteiger partial charge in [-0.3, -0.25) is 0 Å². The Bertz CT molecular complexity index is 592. The molecule has 0 spiro atoms. The van der Waals surface area contributed by atoms with Crippen molar-refractivity contribution in [2.45, 2.75) is 19.9 Å². The molecule has 1 unspecified atom stereocenters. The molecule has 0 aliphatic heterocycles. The van der Waals surface area contributed by atoms with Gasteiger partial charge in [-0.2, -0.15) is 5.26 Å². The minimum atomic E-state index is -0.441. The van der Waals surface area contributed by atoms with Crippen LogP contribution in [-0.4, -0.2) is 7.05 Å². The zero-order valence-electron chi connectivity index (χ0n) is 12.2. The van der Waals surface area contributed by atoms with E-state index in [0.29, 0.717) is 0 Å². The molecular weight excluding hydrogens is 244 g/mol. The zero-order chi connectivity index (χ0) is 14.6. The molecule has 0 aliphatic rings. The number of hydrogen-bond acceptors (Lipinski definition) is 2. The molecule has 1 atom stereocenters. The van der Waals surface area contributed by atoms with Crippen molar-refractivity contribution in [2.75, 3.05) is 7.05 Å². The average molecular weight is 264 g/mol. The molecular formula is C18H20N2. The fraction of sp³-hybridized carbons (Fsp3) is 0.278. The molecule has 0 bridgehead atoms. The van der Waals surface area contributed by atoms with Crippen LogP contribution < -0.4 is 5.32 Å². The molecule has 0 aliphatic carbocycles. The van der Waals surface area contributed by atoms with Crippen LogP contribution in [0.4, 0.5) is 0 Å². The van der Waals surface area contributed by atoms with Gasteiger partial charge in [-0.15, -0.1) is 0 Å². The third kappa shape index (κ3) is 2.89. The Hall–Kier alpha value is -2.11. The summed E-state index contributed by atoms with van der Waals surface area (Å²) in [4.78, 5) is 0. The summed E-state index contributed by atoms with van der Waals surface area (Å²) in [5.74, 6) is 0. The normalized spacial score (nSPS) is 12.7. The topological polar surface area (TPSA) is 35.8 Å². The van der Waals surface area contributed by atoms with Crippen LogP contribution >= 0.6 is 0 Å². The van der Waals surface area contributed by atoms with Crippen molar-refractivity contribution in [3.05, 3.63) is 60.2 Å². The maximum Gasteiger partial charge on any atom is 0.0712 e. The number of nitrogens with zero attached hydrogens (tertiary/aromatic N) is 1. The first-order valence-electron chi connectivity index (χ1n) is 6.82. The van der Waals surface area contributed by atoms with Gasteiger partial charge in [-0.05, 0) is 37.6 Å². The number of benzene rings is 2. The molecule has 0 radical (unpaired) electrons. The standard InChI is InChI=1S/C18H20N2/c1-18(2,13-19)17(20-3)16-11-9-15(10-12-16)14-7-5-4-6-8-14/h4-12,17,20H,1-3H3. The Morgan fingerprint density at radius 2 is 1.50 bits per heavy atom. The number of rotatable bonds is 4. The van der Waals surface area contributed by atoms with Crippen molar-refractivity contribution >= 4 is 0 Å². The summed E-state index contributed by atoms with van der Waals surface area (Å²) in [6, 6.07) is 21.1. The largest absolute Gasteiger partial charge is 0.312 e. The number of nitriles is 1. The Morgan fingerprint density at radius 1 is 0.950 bits per heavy atom. The predicted molar refractivity (Wildman–Crippen MR) is 83.1 cm³/mol. The van der Waals surface area contributed by atoms with Crippen molar-refractivity contribution in [3.63, 3.8) is 0 Å². The first-order valence-corrected chi connectivity index (χ1v) is 6.82. The van der Waals surface area contributed by atoms with E-state index in [0.717, 1.165) is 5.56 Å². The maximum atomic E-state index is 9.30. The summed E-state index contributed by atoms with van der Waals surface area (Å²) < 4.78 is 0. The van der Waals surface area contributed by atoms with E-state index in [1.54, 1.807) is 0 Å². The van der Waals surface area contributed by atoms with Gasteiger partial charge < -0.3 is 5.32 Å². The number of hydrogen-bond donors (Lipinski definition) is 1. The van der Waals surface area contributed by atoms with E-state index in [1.807, 2.05) is 39.1 Å². The number of nitrogens with one attached hydrogen (secondary N) is 1. The van der Waals surface area contributed by atoms with E-state index >= 15 is 0 Å². The van der Waals surface area contributed by atoms with Crippen LogP contribution in [0.25, 0.3) is 11.1 Å². The highest BCUT2D eigenvalue weighted by molar-refractivity contribution is 5.63. The molecule has 0 saturated heterocycles. The van der Waals surface area contributed by atoms with Gasteiger partial charge in [-0.1, -0.05) is 54.6 Å². The maximum absolute atomic E-state index is 9.30. The highest BCUT2D eigenvalue weighted by atomic mass is 14.9. The molecule has 0 saturated carbocycles. The molecule has 0 heterocycles. The van der Waals surface area contributed by atoms with E-state index in [2.05, 4.69) is 47.8 Å². The van der Waals surface area contributed by atoms with Gasteiger partial charge in [-0.25, -0.2) is 0 Å². The van der Waals surface area contributed by atoms with Crippen LogP contribution in [0.2, 0.25) is 0 Å². The van der Waals surface area contributed by atoms with Crippen molar-refractivity contribution in [3.8, 4) is 17.2 Å². The Balaban J connectivity index is 2.31. The van der Waals surface area contributed by atoms with Crippen molar-refractivity contribution in [1.29, 1.82) is 5.26 Å². The minimum absolute atomic E-state index is 0.0253. The molecule has 0 fully saturated rings. The van der Waals surface area contributed by atoms with Crippen LogP contribution in [0.5, 0.6) is 0 Å². The second kappa shape index (κ2) is 5.90. The summed E-state index contributed by atoms with van der Waals surface area (Å²) in [5.41, 5.74) is 3.10. The van der Waals surface area contributed by atoms with Crippen molar-refractivity contribution in [2.24, 2.45) is 5.41 Å². The second-order valence-electron chi connectivity index (χ2n) is 5.54. The van der Waals surface area contributed by atoms with E-state index < -0.39 is 5.41 Å². The van der Waals surface area contributed by atoms with Gasteiger partial charge >= 0.3 is 0 Å². The lowest BCUT2D eigenvalue weighted by molar-refractivity contribution is 0.344. The first kappa shape index (κ1) is 14.3. The summed E-state index contributed by atoms with van der Waals surface area (Å²) >= 11 is 0. The van der Waals surface area contributed by atoms with Crippen LogP contribution in [0.15, 0.2) is 54.6 Å². The molecule has 2 heteroatoms. The fourth-order valence-electron chi connectivity index (χ4n) is 2.51. The fourth-order valence-corrected chi connectivity index (χ4v) is 2.51. The Morgan fingerprint density at radius 3 is 2.00 bits per heavy atom. The van der Waals surface area contributed by atoms with Gasteiger partial charge in [0.15, 0.2) is 0 Å². The van der Waals surface area contributed by atoms with Gasteiger partial charge in [0.2, 0.25) is 0 Å². The lowest BCUT2D eigenvalue weighted by Crippen LogP contribution is -2.30. The monoisotopic (exact) mass is 264 g/mol. The summed E-state index contributed by atoms with van der Waals surface area (Å²) in [5, 5.41) is 12.5. The van der Waals surface area contributed by atoms with Crippen molar-refractivity contribution in [1.82, 2.24) is 5.32 Å². The molecule has 2 aromatic rings. The summed E-state index contributed by atoms with van der Waals surface area (Å²) in [7, 11) is 1.90. The molecule has 102 valence electrons. The molecule has 2 nitrogen and oxygen atoms in total. The van der Waals surface area contributed by atoms with Gasteiger partial charge in [0.1, 0.15) is 0 Å². The molecule has 1 N–H and O–H groups in total. The third-order valence-corrected chi connectivity index (χ3v) is 3.65. The lowest BCUT2D eigenvalue weighted by atomic mass is 9.81. The minimum Gasteiger partial charge on any atom is -0.312 e. The van der Waals surface area contributed by atoms with Crippen LogP contribution in [0, 0.1) is 16.7 Å². The first-order chi connectivity index (χ1) is 9.58. The van der Waals surface area contributed by atoms with E-state index in [4.69, 9.17) is 0 Å². The van der Waals surface area contributed by atoms with Crippen LogP contribution in [0.3, 0.4) is 0 Å². The summed E-state index contributed by atoms with van der Waals surface area (Å²) in [6.45, 7) is 3.92. The summed E-state index contributed by atoms with van der Waals surface area (Å²) in [6.07, 6.45) is 0. The van der Waals surface area contributed by atoms with Gasteiger partial charge in [0.25, 0.3) is 0 Å². The van der Waals surface area contributed by atoms with E-state index in [1.165, 1.54) is 11.1 Å². The van der Waals surface area contributed by atoms with Gasteiger partial charge in [0.05, 0.1) is 17.5 Å². The zero-order valence-corrected chi connectivity index (χ0v) is 12.2. The highest BCUT2D eigenvalue weighted by Gasteiger charge is 2.29. The molecule has 2 rings (SSSR count). The molecule has 2 aromatic carbocycles. The Labute approximate surface area is 121 Å². The molecule has 0 aromatic heterocycles. The van der Waals surface area contributed by atoms with Crippen LogP contribution in [0.1, 0.15) is 25.5 Å². The second-order valence-corrected chi connectivity index (χ2v) is 5.54. The average Bonchev–Trinajstić information content (AvgIpc) is 2.49. The van der Waals surface area contributed by atoms with Crippen LogP contribution in [-0.2, 0) is 0 Å². The molecule has 20 heavy (non-hydrogen) atoms. The SMILES string of the molecule is CNC(c1ccc(-c2ccccc2)cc1)C(C)(C)C#N. The molecule has 0 amide bonds. The van der Waals surface area contributed by atoms with Crippen molar-refractivity contribution < 1.29 is 0 Å². The quantitative estimate of drug-likeness (QED) is 0.900. The van der Waals surface area contributed by atoms with E-state index in [9.17, 15) is 5.26 Å². The smallest absolute Gasteiger partial charge is 0.0712 e. The Kier molecular flexibility index (Phi) is 4.22. The third-order valence-electron chi connectivity index (χ3n) is 3.65.